The zero-order chi connectivity index (χ0) is 12.5. The van der Waals surface area contributed by atoms with Crippen molar-refractivity contribution in [3.63, 3.8) is 0 Å². The Labute approximate surface area is 102 Å². The molecule has 0 unspecified atom stereocenters. The highest BCUT2D eigenvalue weighted by Crippen LogP contribution is 2.11. The lowest BCUT2D eigenvalue weighted by atomic mass is 10.4. The normalized spacial score (nSPS) is 10.3. The zero-order valence-corrected chi connectivity index (χ0v) is 10.6. The molecule has 1 aromatic heterocycles. The van der Waals surface area contributed by atoms with Gasteiger partial charge in [-0.2, -0.15) is 0 Å². The summed E-state index contributed by atoms with van der Waals surface area (Å²) in [6.45, 7) is 4.37. The molecule has 96 valence electrons. The molecule has 0 amide bonds. The van der Waals surface area contributed by atoms with Gasteiger partial charge < -0.3 is 20.1 Å². The van der Waals surface area contributed by atoms with Crippen LogP contribution in [0.4, 0.5) is 11.6 Å². The first-order valence-electron chi connectivity index (χ1n) is 5.66. The molecule has 0 aliphatic rings. The Balaban J connectivity index is 2.67. The van der Waals surface area contributed by atoms with Crippen LogP contribution in [0.5, 0.6) is 0 Å². The van der Waals surface area contributed by atoms with E-state index in [1.165, 1.54) is 0 Å². The van der Waals surface area contributed by atoms with Crippen molar-refractivity contribution in [1.29, 1.82) is 0 Å². The van der Waals surface area contributed by atoms with E-state index in [9.17, 15) is 0 Å². The smallest absolute Gasteiger partial charge is 0.158 e. The summed E-state index contributed by atoms with van der Waals surface area (Å²) < 4.78 is 10.3. The molecule has 0 atom stereocenters. The Kier molecular flexibility index (Phi) is 6.27. The molecule has 6 heteroatoms. The molecular formula is C11H20N4O2. The minimum Gasteiger partial charge on any atom is -0.383 e. The summed E-state index contributed by atoms with van der Waals surface area (Å²) >= 11 is 0. The number of aromatic nitrogens is 2. The van der Waals surface area contributed by atoms with Gasteiger partial charge in [-0.3, -0.25) is 0 Å². The lowest BCUT2D eigenvalue weighted by Gasteiger charge is -2.09. The number of ether oxygens (including phenoxy) is 2. The number of rotatable bonds is 8. The summed E-state index contributed by atoms with van der Waals surface area (Å²) in [5.74, 6) is 2.21. The van der Waals surface area contributed by atoms with Gasteiger partial charge in [-0.15, -0.1) is 0 Å². The van der Waals surface area contributed by atoms with E-state index in [0.717, 1.165) is 11.6 Å². The number of nitrogens with zero attached hydrogens (tertiary/aromatic N) is 2. The van der Waals surface area contributed by atoms with Crippen molar-refractivity contribution < 1.29 is 9.47 Å². The lowest BCUT2D eigenvalue weighted by Crippen LogP contribution is -2.11. The highest BCUT2D eigenvalue weighted by atomic mass is 16.5. The van der Waals surface area contributed by atoms with Gasteiger partial charge in [0.15, 0.2) is 5.82 Å². The highest BCUT2D eigenvalue weighted by molar-refractivity contribution is 5.47. The average molecular weight is 240 g/mol. The van der Waals surface area contributed by atoms with Crippen LogP contribution in [-0.4, -0.2) is 43.9 Å². The first-order valence-corrected chi connectivity index (χ1v) is 5.66. The molecule has 0 aromatic carbocycles. The van der Waals surface area contributed by atoms with Crippen molar-refractivity contribution in [2.75, 3.05) is 44.5 Å². The molecular weight excluding hydrogens is 220 g/mol. The van der Waals surface area contributed by atoms with Gasteiger partial charge in [0.05, 0.1) is 6.61 Å². The Morgan fingerprint density at radius 2 is 2.06 bits per heavy atom. The van der Waals surface area contributed by atoms with E-state index in [-0.39, 0.29) is 0 Å². The SMILES string of the molecule is CCOCc1nc(NC)cc(NCCOC)n1. The number of methoxy groups -OCH3 is 1. The molecule has 0 aliphatic carbocycles. The number of hydrogen-bond acceptors (Lipinski definition) is 6. The predicted molar refractivity (Wildman–Crippen MR) is 67.3 cm³/mol. The van der Waals surface area contributed by atoms with E-state index >= 15 is 0 Å². The molecule has 6 nitrogen and oxygen atoms in total. The minimum atomic E-state index is 0.422. The number of hydrogen-bond donors (Lipinski definition) is 2. The second-order valence-electron chi connectivity index (χ2n) is 3.36. The molecule has 1 aromatic rings. The highest BCUT2D eigenvalue weighted by Gasteiger charge is 2.03. The maximum Gasteiger partial charge on any atom is 0.158 e. The van der Waals surface area contributed by atoms with Crippen LogP contribution in [0.1, 0.15) is 12.7 Å². The third-order valence-corrected chi connectivity index (χ3v) is 2.08. The van der Waals surface area contributed by atoms with E-state index in [4.69, 9.17) is 9.47 Å². The maximum absolute atomic E-state index is 5.29. The van der Waals surface area contributed by atoms with Crippen LogP contribution in [0.3, 0.4) is 0 Å². The number of anilines is 2. The molecule has 17 heavy (non-hydrogen) atoms. The lowest BCUT2D eigenvalue weighted by molar-refractivity contribution is 0.128. The predicted octanol–water partition coefficient (Wildman–Crippen LogP) is 1.11. The molecule has 0 spiro atoms. The standard InChI is InChI=1S/C11H20N4O2/c1-4-17-8-11-14-9(12-2)7-10(15-11)13-5-6-16-3/h7H,4-6,8H2,1-3H3,(H2,12,13,14,15). The first kappa shape index (κ1) is 13.7. The van der Waals surface area contributed by atoms with Crippen molar-refractivity contribution in [3.05, 3.63) is 11.9 Å². The molecule has 0 aliphatic heterocycles. The van der Waals surface area contributed by atoms with Crippen LogP contribution in [0.25, 0.3) is 0 Å². The Morgan fingerprint density at radius 1 is 1.29 bits per heavy atom. The molecule has 0 bridgehead atoms. The summed E-state index contributed by atoms with van der Waals surface area (Å²) in [4.78, 5) is 8.65. The molecule has 0 radical (unpaired) electrons. The van der Waals surface area contributed by atoms with Crippen LogP contribution < -0.4 is 10.6 Å². The van der Waals surface area contributed by atoms with Gasteiger partial charge in [0.2, 0.25) is 0 Å². The Morgan fingerprint density at radius 3 is 2.71 bits per heavy atom. The Bertz CT molecular complexity index is 333. The largest absolute Gasteiger partial charge is 0.383 e. The summed E-state index contributed by atoms with van der Waals surface area (Å²) in [5, 5.41) is 6.16. The van der Waals surface area contributed by atoms with Crippen molar-refractivity contribution in [1.82, 2.24) is 9.97 Å². The summed E-state index contributed by atoms with van der Waals surface area (Å²) in [6, 6.07) is 1.85. The zero-order valence-electron chi connectivity index (χ0n) is 10.6. The van der Waals surface area contributed by atoms with Gasteiger partial charge in [0.25, 0.3) is 0 Å². The van der Waals surface area contributed by atoms with Gasteiger partial charge >= 0.3 is 0 Å². The monoisotopic (exact) mass is 240 g/mol. The number of nitrogens with one attached hydrogen (secondary N) is 2. The van der Waals surface area contributed by atoms with Gasteiger partial charge in [0, 0.05) is 33.4 Å². The van der Waals surface area contributed by atoms with Crippen molar-refractivity contribution in [3.8, 4) is 0 Å². The second-order valence-corrected chi connectivity index (χ2v) is 3.36. The van der Waals surface area contributed by atoms with Crippen molar-refractivity contribution in [2.24, 2.45) is 0 Å². The molecule has 1 heterocycles. The fraction of sp³-hybridized carbons (Fsp3) is 0.636. The molecule has 1 rings (SSSR count). The van der Waals surface area contributed by atoms with Gasteiger partial charge in [-0.1, -0.05) is 0 Å². The van der Waals surface area contributed by atoms with Crippen molar-refractivity contribution >= 4 is 11.6 Å². The van der Waals surface area contributed by atoms with E-state index < -0.39 is 0 Å². The van der Waals surface area contributed by atoms with E-state index in [2.05, 4.69) is 20.6 Å². The van der Waals surface area contributed by atoms with E-state index in [1.54, 1.807) is 7.11 Å². The quantitative estimate of drug-likeness (QED) is 0.663. The Hall–Kier alpha value is -1.40. The van der Waals surface area contributed by atoms with Crippen LogP contribution in [0.2, 0.25) is 0 Å². The van der Waals surface area contributed by atoms with Crippen LogP contribution >= 0.6 is 0 Å². The topological polar surface area (TPSA) is 68.3 Å². The van der Waals surface area contributed by atoms with Crippen molar-refractivity contribution in [2.45, 2.75) is 13.5 Å². The van der Waals surface area contributed by atoms with Gasteiger partial charge in [-0.05, 0) is 6.92 Å². The molecule has 0 saturated carbocycles. The second kappa shape index (κ2) is 7.81. The third kappa shape index (κ3) is 4.97. The van der Waals surface area contributed by atoms with E-state index in [0.29, 0.717) is 32.2 Å². The van der Waals surface area contributed by atoms with E-state index in [1.807, 2.05) is 20.0 Å². The maximum atomic E-state index is 5.29. The van der Waals surface area contributed by atoms with Gasteiger partial charge in [-0.25, -0.2) is 9.97 Å². The first-order chi connectivity index (χ1) is 8.30. The fourth-order valence-corrected chi connectivity index (χ4v) is 1.25. The summed E-state index contributed by atoms with van der Waals surface area (Å²) in [5.41, 5.74) is 0. The molecule has 0 fully saturated rings. The average Bonchev–Trinajstić information content (AvgIpc) is 2.36. The minimum absolute atomic E-state index is 0.422. The van der Waals surface area contributed by atoms with Crippen LogP contribution in [-0.2, 0) is 16.1 Å². The summed E-state index contributed by atoms with van der Waals surface area (Å²) in [7, 11) is 3.49. The molecule has 0 saturated heterocycles. The third-order valence-electron chi connectivity index (χ3n) is 2.08. The van der Waals surface area contributed by atoms with Crippen LogP contribution in [0.15, 0.2) is 6.07 Å². The van der Waals surface area contributed by atoms with Crippen LogP contribution in [0, 0.1) is 0 Å². The summed E-state index contributed by atoms with van der Waals surface area (Å²) in [6.07, 6.45) is 0. The van der Waals surface area contributed by atoms with Gasteiger partial charge in [0.1, 0.15) is 18.2 Å². The fourth-order valence-electron chi connectivity index (χ4n) is 1.25. The molecule has 2 N–H and O–H groups in total.